The molecule has 1 unspecified atom stereocenters. The fourth-order valence-corrected chi connectivity index (χ4v) is 6.11. The molecular formula is C28H19ClFN3O3S2. The summed E-state index contributed by atoms with van der Waals surface area (Å²) in [6, 6.07) is 21.0. The van der Waals surface area contributed by atoms with Gasteiger partial charge in [-0.1, -0.05) is 101 Å². The number of hydrogen-bond acceptors (Lipinski definition) is 7. The zero-order valence-corrected chi connectivity index (χ0v) is 22.0. The second-order valence-corrected chi connectivity index (χ2v) is 10.8. The Morgan fingerprint density at radius 2 is 1.76 bits per heavy atom. The van der Waals surface area contributed by atoms with E-state index < -0.39 is 29.3 Å². The van der Waals surface area contributed by atoms with Crippen molar-refractivity contribution in [1.29, 1.82) is 0 Å². The molecule has 1 aromatic heterocycles. The smallest absolute Gasteiger partial charge is 0.296 e. The Kier molecular flexibility index (Phi) is 7.69. The van der Waals surface area contributed by atoms with Gasteiger partial charge in [-0.05, 0) is 41.0 Å². The number of aliphatic hydroxyl groups is 1. The van der Waals surface area contributed by atoms with Crippen LogP contribution in [0.15, 0.2) is 101 Å². The molecule has 0 bridgehead atoms. The predicted molar refractivity (Wildman–Crippen MR) is 148 cm³/mol. The molecule has 2 heterocycles. The van der Waals surface area contributed by atoms with E-state index in [1.54, 1.807) is 12.1 Å². The highest BCUT2D eigenvalue weighted by Gasteiger charge is 2.45. The third-order valence-corrected chi connectivity index (χ3v) is 8.27. The molecular weight excluding hydrogens is 545 g/mol. The van der Waals surface area contributed by atoms with Crippen LogP contribution in [0.2, 0.25) is 5.02 Å². The van der Waals surface area contributed by atoms with Crippen LogP contribution in [0.25, 0.3) is 6.08 Å². The van der Waals surface area contributed by atoms with Gasteiger partial charge in [0.05, 0.1) is 11.6 Å². The number of carbonyl (C=O) groups is 2. The number of allylic oxidation sites excluding steroid dienone is 1. The van der Waals surface area contributed by atoms with Gasteiger partial charge >= 0.3 is 0 Å². The van der Waals surface area contributed by atoms with Gasteiger partial charge in [0.2, 0.25) is 5.13 Å². The van der Waals surface area contributed by atoms with Gasteiger partial charge in [-0.3, -0.25) is 14.5 Å². The first kappa shape index (κ1) is 25.8. The Morgan fingerprint density at radius 1 is 1.05 bits per heavy atom. The summed E-state index contributed by atoms with van der Waals surface area (Å²) in [6.07, 6.45) is 2.91. The van der Waals surface area contributed by atoms with Gasteiger partial charge in [0.1, 0.15) is 5.82 Å². The molecule has 3 aromatic carbocycles. The van der Waals surface area contributed by atoms with Crippen LogP contribution in [-0.2, 0) is 15.3 Å². The van der Waals surface area contributed by atoms with Crippen LogP contribution >= 0.6 is 34.7 Å². The Balaban J connectivity index is 1.46. The minimum Gasteiger partial charge on any atom is -0.503 e. The number of rotatable bonds is 8. The molecule has 1 N–H and O–H groups in total. The molecule has 0 saturated heterocycles. The summed E-state index contributed by atoms with van der Waals surface area (Å²) in [5, 5.41) is 20.0. The van der Waals surface area contributed by atoms with Crippen molar-refractivity contribution in [2.75, 3.05) is 4.90 Å². The molecule has 38 heavy (non-hydrogen) atoms. The molecule has 4 aromatic rings. The predicted octanol–water partition coefficient (Wildman–Crippen LogP) is 6.81. The molecule has 0 saturated carbocycles. The molecule has 0 spiro atoms. The van der Waals surface area contributed by atoms with Gasteiger partial charge in [-0.15, -0.1) is 10.2 Å². The highest BCUT2D eigenvalue weighted by molar-refractivity contribution is 8.00. The molecule has 0 fully saturated rings. The highest BCUT2D eigenvalue weighted by atomic mass is 35.5. The summed E-state index contributed by atoms with van der Waals surface area (Å²) >= 11 is 8.79. The molecule has 1 atom stereocenters. The highest BCUT2D eigenvalue weighted by Crippen LogP contribution is 2.43. The van der Waals surface area contributed by atoms with Crippen LogP contribution in [-0.4, -0.2) is 27.0 Å². The molecule has 0 radical (unpaired) electrons. The Bertz CT molecular complexity index is 1560. The van der Waals surface area contributed by atoms with Gasteiger partial charge in [0, 0.05) is 10.8 Å². The first-order chi connectivity index (χ1) is 18.4. The van der Waals surface area contributed by atoms with Crippen molar-refractivity contribution in [2.45, 2.75) is 16.1 Å². The number of aromatic nitrogens is 2. The lowest BCUT2D eigenvalue weighted by molar-refractivity contribution is -0.117. The molecule has 6 nitrogen and oxygen atoms in total. The largest absolute Gasteiger partial charge is 0.503 e. The minimum absolute atomic E-state index is 0.116. The molecule has 10 heteroatoms. The second kappa shape index (κ2) is 11.3. The molecule has 0 aliphatic carbocycles. The van der Waals surface area contributed by atoms with E-state index in [-0.39, 0.29) is 10.7 Å². The summed E-state index contributed by atoms with van der Waals surface area (Å²) < 4.78 is 14.3. The van der Waals surface area contributed by atoms with Crippen molar-refractivity contribution in [3.05, 3.63) is 124 Å². The van der Waals surface area contributed by atoms with Crippen molar-refractivity contribution in [2.24, 2.45) is 0 Å². The lowest BCUT2D eigenvalue weighted by Crippen LogP contribution is -2.30. The molecule has 1 aliphatic rings. The molecule has 1 amide bonds. The van der Waals surface area contributed by atoms with Crippen LogP contribution in [0.5, 0.6) is 0 Å². The van der Waals surface area contributed by atoms with E-state index in [0.29, 0.717) is 20.7 Å². The number of hydrogen-bond donors (Lipinski definition) is 1. The Labute approximate surface area is 231 Å². The minimum atomic E-state index is -1.01. The van der Waals surface area contributed by atoms with Crippen molar-refractivity contribution < 1.29 is 19.1 Å². The Hall–Kier alpha value is -3.79. The number of thioether (sulfide) groups is 1. The van der Waals surface area contributed by atoms with Gasteiger partial charge in [0.25, 0.3) is 5.91 Å². The van der Waals surface area contributed by atoms with Crippen LogP contribution in [0.3, 0.4) is 0 Å². The van der Waals surface area contributed by atoms with Crippen molar-refractivity contribution >= 4 is 57.6 Å². The van der Waals surface area contributed by atoms with Crippen molar-refractivity contribution in [3.63, 3.8) is 0 Å². The van der Waals surface area contributed by atoms with Crippen LogP contribution in [0, 0.1) is 5.82 Å². The molecule has 1 aliphatic heterocycles. The summed E-state index contributed by atoms with van der Waals surface area (Å²) in [5.74, 6) is -1.93. The normalized spacial score (nSPS) is 15.6. The monoisotopic (exact) mass is 563 g/mol. The zero-order valence-electron chi connectivity index (χ0n) is 19.6. The van der Waals surface area contributed by atoms with Crippen LogP contribution < -0.4 is 4.90 Å². The lowest BCUT2D eigenvalue weighted by atomic mass is 9.96. The molecule has 5 rings (SSSR count). The first-order valence-corrected chi connectivity index (χ1v) is 13.6. The number of anilines is 1. The van der Waals surface area contributed by atoms with E-state index in [9.17, 15) is 19.1 Å². The summed E-state index contributed by atoms with van der Waals surface area (Å²) in [4.78, 5) is 27.8. The quantitative estimate of drug-likeness (QED) is 0.144. The number of aliphatic hydroxyl groups excluding tert-OH is 1. The number of benzene rings is 3. The van der Waals surface area contributed by atoms with E-state index >= 15 is 0 Å². The third-order valence-electron chi connectivity index (χ3n) is 5.80. The first-order valence-electron chi connectivity index (χ1n) is 11.4. The number of carbonyl (C=O) groups excluding carboxylic acids is 2. The number of nitrogens with zero attached hydrogens (tertiary/aromatic N) is 3. The summed E-state index contributed by atoms with van der Waals surface area (Å²) in [5.41, 5.74) is 2.04. The fourth-order valence-electron chi connectivity index (χ4n) is 3.95. The number of ketones is 1. The third kappa shape index (κ3) is 5.40. The average molecular weight is 564 g/mol. The second-order valence-electron chi connectivity index (χ2n) is 8.23. The van der Waals surface area contributed by atoms with Crippen molar-refractivity contribution in [1.82, 2.24) is 10.2 Å². The average Bonchev–Trinajstić information content (AvgIpc) is 3.50. The maximum absolute atomic E-state index is 13.7. The zero-order chi connectivity index (χ0) is 26.6. The van der Waals surface area contributed by atoms with Gasteiger partial charge < -0.3 is 5.11 Å². The van der Waals surface area contributed by atoms with Crippen molar-refractivity contribution in [3.8, 4) is 0 Å². The maximum atomic E-state index is 13.7. The van der Waals surface area contributed by atoms with Gasteiger partial charge in [-0.2, -0.15) is 0 Å². The number of amides is 1. The van der Waals surface area contributed by atoms with E-state index in [2.05, 4.69) is 10.2 Å². The Morgan fingerprint density at radius 3 is 2.50 bits per heavy atom. The standard InChI is InChI=1S/C28H19ClFN3O3S2/c29-21-9-5-4-8-19(21)16-37-28-32-31-27(38-28)33-24(18-11-13-20(30)14-12-18)23(25(35)26(33)36)22(34)15-10-17-6-2-1-3-7-17/h1-15,24,35H,16H2/b15-10+. The lowest BCUT2D eigenvalue weighted by Gasteiger charge is -2.23. The van der Waals surface area contributed by atoms with E-state index in [1.165, 1.54) is 47.0 Å². The number of halogens is 2. The topological polar surface area (TPSA) is 83.4 Å². The fraction of sp³-hybridized carbons (Fsp3) is 0.0714. The maximum Gasteiger partial charge on any atom is 0.296 e. The van der Waals surface area contributed by atoms with Crippen LogP contribution in [0.4, 0.5) is 9.52 Å². The summed E-state index contributed by atoms with van der Waals surface area (Å²) in [6.45, 7) is 0. The van der Waals surface area contributed by atoms with Gasteiger partial charge in [0.15, 0.2) is 15.9 Å². The van der Waals surface area contributed by atoms with E-state index in [0.717, 1.165) is 22.5 Å². The van der Waals surface area contributed by atoms with E-state index in [1.807, 2.05) is 48.5 Å². The van der Waals surface area contributed by atoms with E-state index in [4.69, 9.17) is 11.6 Å². The SMILES string of the molecule is O=C(/C=C/c1ccccc1)C1=C(O)C(=O)N(c2nnc(SCc3ccccc3Cl)s2)C1c1ccc(F)cc1. The van der Waals surface area contributed by atoms with Gasteiger partial charge in [-0.25, -0.2) is 4.39 Å². The summed E-state index contributed by atoms with van der Waals surface area (Å²) in [7, 11) is 0. The van der Waals surface area contributed by atoms with Crippen LogP contribution in [0.1, 0.15) is 22.7 Å². The molecule has 190 valence electrons.